The molecule has 0 amide bonds. The zero-order valence-corrected chi connectivity index (χ0v) is 10.4. The van der Waals surface area contributed by atoms with Gasteiger partial charge in [-0.1, -0.05) is 24.3 Å². The predicted molar refractivity (Wildman–Crippen MR) is 70.9 cm³/mol. The second-order valence-corrected chi connectivity index (χ2v) is 4.55. The Morgan fingerprint density at radius 1 is 1.21 bits per heavy atom. The third-order valence-electron chi connectivity index (χ3n) is 2.62. The molecule has 3 rings (SSSR count). The number of ether oxygens (including phenoxy) is 1. The van der Waals surface area contributed by atoms with E-state index in [4.69, 9.17) is 4.74 Å². The molecule has 0 bridgehead atoms. The van der Waals surface area contributed by atoms with Crippen LogP contribution in [0, 0.1) is 0 Å². The number of hydrogen-bond donors (Lipinski definition) is 1. The molecule has 0 saturated carbocycles. The Balaban J connectivity index is 2.15. The highest BCUT2D eigenvalue weighted by Crippen LogP contribution is 2.30. The fourth-order valence-electron chi connectivity index (χ4n) is 1.77. The van der Waals surface area contributed by atoms with Crippen molar-refractivity contribution < 1.29 is 14.6 Å². The molecular weight excluding hydrogens is 264 g/mol. The van der Waals surface area contributed by atoms with Crippen molar-refractivity contribution in [1.82, 2.24) is 9.36 Å². The molecule has 0 saturated heterocycles. The van der Waals surface area contributed by atoms with Gasteiger partial charge in [0.05, 0.1) is 0 Å². The summed E-state index contributed by atoms with van der Waals surface area (Å²) < 4.78 is 9.30. The topological polar surface area (TPSA) is 72.3 Å². The molecule has 0 aliphatic heterocycles. The van der Waals surface area contributed by atoms with Crippen LogP contribution in [-0.4, -0.2) is 20.4 Å². The van der Waals surface area contributed by atoms with Gasteiger partial charge in [0.25, 0.3) is 5.19 Å². The van der Waals surface area contributed by atoms with Crippen molar-refractivity contribution in [3.63, 3.8) is 0 Å². The van der Waals surface area contributed by atoms with E-state index >= 15 is 0 Å². The van der Waals surface area contributed by atoms with Crippen LogP contribution in [0.25, 0.3) is 10.8 Å². The molecule has 0 aliphatic rings. The van der Waals surface area contributed by atoms with Crippen LogP contribution >= 0.6 is 11.5 Å². The third kappa shape index (κ3) is 2.25. The number of fused-ring (bicyclic) bond motifs is 1. The van der Waals surface area contributed by atoms with E-state index < -0.39 is 5.97 Å². The van der Waals surface area contributed by atoms with E-state index in [0.29, 0.717) is 5.19 Å². The number of aromatic carboxylic acids is 1. The minimum atomic E-state index is -1.04. The Hall–Kier alpha value is -2.47. The fraction of sp³-hybridized carbons (Fsp3) is 0. The van der Waals surface area contributed by atoms with Crippen LogP contribution in [0.3, 0.4) is 0 Å². The molecule has 3 aromatic rings. The molecule has 1 aromatic heterocycles. The van der Waals surface area contributed by atoms with Gasteiger partial charge >= 0.3 is 5.97 Å². The highest BCUT2D eigenvalue weighted by molar-refractivity contribution is 7.07. The van der Waals surface area contributed by atoms with E-state index in [1.807, 2.05) is 24.3 Å². The number of carboxylic acids is 1. The van der Waals surface area contributed by atoms with Crippen LogP contribution in [0.1, 0.15) is 10.4 Å². The summed E-state index contributed by atoms with van der Waals surface area (Å²) in [6.07, 6.45) is 1.36. The van der Waals surface area contributed by atoms with E-state index in [0.717, 1.165) is 22.3 Å². The minimum absolute atomic E-state index is 0.105. The van der Waals surface area contributed by atoms with Crippen molar-refractivity contribution in [3.8, 4) is 10.9 Å². The monoisotopic (exact) mass is 272 g/mol. The third-order valence-corrected chi connectivity index (χ3v) is 3.16. The molecule has 94 valence electrons. The van der Waals surface area contributed by atoms with Crippen molar-refractivity contribution in [2.24, 2.45) is 0 Å². The average molecular weight is 272 g/mol. The van der Waals surface area contributed by atoms with Crippen LogP contribution in [-0.2, 0) is 0 Å². The molecule has 0 fully saturated rings. The molecule has 0 atom stereocenters. The van der Waals surface area contributed by atoms with E-state index in [1.165, 1.54) is 6.33 Å². The van der Waals surface area contributed by atoms with Crippen molar-refractivity contribution in [3.05, 3.63) is 48.3 Å². The highest BCUT2D eigenvalue weighted by Gasteiger charge is 2.14. The summed E-state index contributed by atoms with van der Waals surface area (Å²) in [4.78, 5) is 15.2. The summed E-state index contributed by atoms with van der Waals surface area (Å²) in [5.41, 5.74) is 0.105. The molecule has 6 heteroatoms. The molecule has 5 nitrogen and oxygen atoms in total. The van der Waals surface area contributed by atoms with E-state index in [-0.39, 0.29) is 11.3 Å². The first-order valence-electron chi connectivity index (χ1n) is 5.44. The smallest absolute Gasteiger partial charge is 0.339 e. The van der Waals surface area contributed by atoms with Gasteiger partial charge in [-0.25, -0.2) is 4.79 Å². The van der Waals surface area contributed by atoms with Crippen LogP contribution in [0.2, 0.25) is 0 Å². The van der Waals surface area contributed by atoms with Crippen molar-refractivity contribution >= 4 is 28.3 Å². The van der Waals surface area contributed by atoms with Crippen LogP contribution < -0.4 is 4.74 Å². The lowest BCUT2D eigenvalue weighted by atomic mass is 10.1. The molecule has 0 aliphatic carbocycles. The SMILES string of the molecule is O=C(O)c1cc2ccccc2cc1Oc1ncns1. The lowest BCUT2D eigenvalue weighted by Crippen LogP contribution is -2.00. The molecule has 0 spiro atoms. The molecular formula is C13H8N2O3S. The van der Waals surface area contributed by atoms with Gasteiger partial charge in [-0.15, -0.1) is 0 Å². The van der Waals surface area contributed by atoms with Gasteiger partial charge in [-0.2, -0.15) is 9.36 Å². The number of hydrogen-bond acceptors (Lipinski definition) is 5. The zero-order valence-electron chi connectivity index (χ0n) is 9.61. The zero-order chi connectivity index (χ0) is 13.2. The molecule has 0 unspecified atom stereocenters. The Bertz CT molecular complexity index is 741. The van der Waals surface area contributed by atoms with Gasteiger partial charge in [0.1, 0.15) is 17.6 Å². The van der Waals surface area contributed by atoms with Crippen LogP contribution in [0.4, 0.5) is 0 Å². The second-order valence-electron chi connectivity index (χ2n) is 3.81. The Morgan fingerprint density at radius 3 is 2.58 bits per heavy atom. The highest BCUT2D eigenvalue weighted by atomic mass is 32.1. The standard InChI is InChI=1S/C13H8N2O3S/c16-12(17)10-5-8-3-1-2-4-9(8)6-11(10)18-13-14-7-15-19-13/h1-7H,(H,16,17). The van der Waals surface area contributed by atoms with Gasteiger partial charge in [-0.05, 0) is 22.9 Å². The van der Waals surface area contributed by atoms with Gasteiger partial charge in [-0.3, -0.25) is 0 Å². The number of carboxylic acid groups (broad SMARTS) is 1. The van der Waals surface area contributed by atoms with Crippen LogP contribution in [0.15, 0.2) is 42.7 Å². The van der Waals surface area contributed by atoms with Crippen LogP contribution in [0.5, 0.6) is 10.9 Å². The summed E-state index contributed by atoms with van der Waals surface area (Å²) >= 11 is 1.07. The normalized spacial score (nSPS) is 10.5. The number of benzene rings is 2. The Kier molecular flexibility index (Phi) is 2.85. The van der Waals surface area contributed by atoms with E-state index in [1.54, 1.807) is 12.1 Å². The summed E-state index contributed by atoms with van der Waals surface area (Å²) in [6.45, 7) is 0. The Labute approximate surface area is 112 Å². The molecule has 19 heavy (non-hydrogen) atoms. The fourth-order valence-corrected chi connectivity index (χ4v) is 2.18. The molecule has 1 N–H and O–H groups in total. The second kappa shape index (κ2) is 4.66. The molecule has 2 aromatic carbocycles. The summed E-state index contributed by atoms with van der Waals surface area (Å²) in [7, 11) is 0. The number of aromatic nitrogens is 2. The number of carbonyl (C=O) groups is 1. The quantitative estimate of drug-likeness (QED) is 0.792. The van der Waals surface area contributed by atoms with E-state index in [2.05, 4.69) is 9.36 Å². The first kappa shape index (κ1) is 11.6. The molecule has 0 radical (unpaired) electrons. The largest absolute Gasteiger partial charge is 0.478 e. The summed E-state index contributed by atoms with van der Waals surface area (Å²) in [6, 6.07) is 10.8. The maximum absolute atomic E-state index is 11.3. The van der Waals surface area contributed by atoms with Crippen molar-refractivity contribution in [2.75, 3.05) is 0 Å². The first-order chi connectivity index (χ1) is 9.24. The Morgan fingerprint density at radius 2 is 1.95 bits per heavy atom. The predicted octanol–water partition coefficient (Wildman–Crippen LogP) is 3.18. The minimum Gasteiger partial charge on any atom is -0.478 e. The summed E-state index contributed by atoms with van der Waals surface area (Å²) in [5, 5.41) is 11.3. The number of rotatable bonds is 3. The van der Waals surface area contributed by atoms with Gasteiger partial charge in [0.15, 0.2) is 0 Å². The maximum Gasteiger partial charge on any atom is 0.339 e. The van der Waals surface area contributed by atoms with Crippen molar-refractivity contribution in [2.45, 2.75) is 0 Å². The maximum atomic E-state index is 11.3. The van der Waals surface area contributed by atoms with Gasteiger partial charge in [0.2, 0.25) is 0 Å². The lowest BCUT2D eigenvalue weighted by Gasteiger charge is -2.07. The van der Waals surface area contributed by atoms with Gasteiger partial charge < -0.3 is 9.84 Å². The first-order valence-corrected chi connectivity index (χ1v) is 6.22. The number of nitrogens with zero attached hydrogens (tertiary/aromatic N) is 2. The van der Waals surface area contributed by atoms with Crippen molar-refractivity contribution in [1.29, 1.82) is 0 Å². The van der Waals surface area contributed by atoms with Gasteiger partial charge in [0, 0.05) is 11.5 Å². The summed E-state index contributed by atoms with van der Waals surface area (Å²) in [5.74, 6) is -0.770. The van der Waals surface area contributed by atoms with E-state index in [9.17, 15) is 9.90 Å². The average Bonchev–Trinajstić information content (AvgIpc) is 2.90. The lowest BCUT2D eigenvalue weighted by molar-refractivity contribution is 0.0694. The molecule has 1 heterocycles.